The van der Waals surface area contributed by atoms with Crippen molar-refractivity contribution < 1.29 is 19.4 Å². The summed E-state index contributed by atoms with van der Waals surface area (Å²) in [5, 5.41) is 15.8. The van der Waals surface area contributed by atoms with Gasteiger partial charge in [-0.1, -0.05) is 18.9 Å². The number of pyridine rings is 1. The minimum atomic E-state index is -0.961. The van der Waals surface area contributed by atoms with Crippen molar-refractivity contribution in [3.8, 4) is 0 Å². The van der Waals surface area contributed by atoms with Crippen LogP contribution in [-0.2, 0) is 27.2 Å². The van der Waals surface area contributed by atoms with Crippen LogP contribution in [-0.4, -0.2) is 72.3 Å². The summed E-state index contributed by atoms with van der Waals surface area (Å²) in [6.07, 6.45) is 10.6. The lowest BCUT2D eigenvalue weighted by molar-refractivity contribution is -0.142. The number of aromatic nitrogens is 1. The summed E-state index contributed by atoms with van der Waals surface area (Å²) in [4.78, 5) is 31.3. The van der Waals surface area contributed by atoms with Gasteiger partial charge in [-0.05, 0) is 82.4 Å². The highest BCUT2D eigenvalue weighted by molar-refractivity contribution is 5.83. The Bertz CT molecular complexity index is 812. The van der Waals surface area contributed by atoms with E-state index < -0.39 is 12.0 Å². The number of nitrogens with one attached hydrogen (secondary N) is 2. The van der Waals surface area contributed by atoms with Crippen molar-refractivity contribution in [2.24, 2.45) is 5.92 Å². The SMILES string of the molecule is COC(C)CN(CCCCc1ccc2c(n1)NCCC2)CCC(NC(=O)CC1CCCC1)C(=O)O. The number of rotatable bonds is 15. The number of ether oxygens (including phenoxy) is 1. The number of carbonyl (C=O) groups excluding carboxylic acids is 1. The Morgan fingerprint density at radius 2 is 2.03 bits per heavy atom. The van der Waals surface area contributed by atoms with Gasteiger partial charge in [0.1, 0.15) is 11.9 Å². The maximum Gasteiger partial charge on any atom is 0.326 e. The molecular weight excluding hydrogens is 444 g/mol. The number of aryl methyl sites for hydroxylation is 2. The molecular formula is C27H44N4O4. The molecule has 1 saturated carbocycles. The zero-order valence-corrected chi connectivity index (χ0v) is 21.6. The van der Waals surface area contributed by atoms with E-state index in [9.17, 15) is 14.7 Å². The summed E-state index contributed by atoms with van der Waals surface area (Å²) in [6.45, 7) is 5.22. The molecule has 2 unspecified atom stereocenters. The zero-order valence-electron chi connectivity index (χ0n) is 21.6. The highest BCUT2D eigenvalue weighted by Gasteiger charge is 2.24. The van der Waals surface area contributed by atoms with E-state index in [0.29, 0.717) is 25.3 Å². The summed E-state index contributed by atoms with van der Waals surface area (Å²) >= 11 is 0. The van der Waals surface area contributed by atoms with Gasteiger partial charge in [0.25, 0.3) is 0 Å². The van der Waals surface area contributed by atoms with Gasteiger partial charge in [0.15, 0.2) is 0 Å². The lowest BCUT2D eigenvalue weighted by Gasteiger charge is -2.27. The fourth-order valence-corrected chi connectivity index (χ4v) is 5.18. The fourth-order valence-electron chi connectivity index (χ4n) is 5.18. The van der Waals surface area contributed by atoms with Crippen LogP contribution in [0.1, 0.15) is 76.0 Å². The van der Waals surface area contributed by atoms with Gasteiger partial charge in [0.05, 0.1) is 6.10 Å². The number of hydrogen-bond acceptors (Lipinski definition) is 6. The van der Waals surface area contributed by atoms with Gasteiger partial charge >= 0.3 is 5.97 Å². The van der Waals surface area contributed by atoms with Gasteiger partial charge in [-0.2, -0.15) is 0 Å². The standard InChI is InChI=1S/C27H44N4O4/c1-20(35-2)19-31(16-6-5-11-23-13-12-22-10-7-15-28-26(22)29-23)17-14-24(27(33)34)30-25(32)18-21-8-3-4-9-21/h12-13,20-21,24H,3-11,14-19H2,1-2H3,(H,28,29)(H,30,32)(H,33,34). The lowest BCUT2D eigenvalue weighted by atomic mass is 10.0. The molecule has 35 heavy (non-hydrogen) atoms. The molecule has 2 heterocycles. The zero-order chi connectivity index (χ0) is 25.0. The van der Waals surface area contributed by atoms with Gasteiger partial charge < -0.3 is 25.4 Å². The molecule has 3 N–H and O–H groups in total. The third-order valence-electron chi connectivity index (χ3n) is 7.34. The largest absolute Gasteiger partial charge is 0.480 e. The summed E-state index contributed by atoms with van der Waals surface area (Å²) in [7, 11) is 1.70. The number of amides is 1. The van der Waals surface area contributed by atoms with Crippen LogP contribution in [0.4, 0.5) is 5.82 Å². The topological polar surface area (TPSA) is 104 Å². The molecule has 3 rings (SSSR count). The molecule has 2 aliphatic rings. The van der Waals surface area contributed by atoms with Crippen LogP contribution < -0.4 is 10.6 Å². The van der Waals surface area contributed by atoms with E-state index >= 15 is 0 Å². The van der Waals surface area contributed by atoms with Crippen LogP contribution in [0.2, 0.25) is 0 Å². The quantitative estimate of drug-likeness (QED) is 0.324. The van der Waals surface area contributed by atoms with Crippen molar-refractivity contribution >= 4 is 17.7 Å². The van der Waals surface area contributed by atoms with E-state index in [0.717, 1.165) is 76.1 Å². The predicted molar refractivity (Wildman–Crippen MR) is 138 cm³/mol. The third kappa shape index (κ3) is 9.41. The van der Waals surface area contributed by atoms with E-state index in [2.05, 4.69) is 27.7 Å². The normalized spacial score (nSPS) is 17.6. The Labute approximate surface area is 210 Å². The van der Waals surface area contributed by atoms with Gasteiger partial charge in [-0.25, -0.2) is 9.78 Å². The van der Waals surface area contributed by atoms with Crippen LogP contribution in [0.25, 0.3) is 0 Å². The van der Waals surface area contributed by atoms with Crippen molar-refractivity contribution in [3.05, 3.63) is 23.4 Å². The summed E-state index contributed by atoms with van der Waals surface area (Å²) in [6, 6.07) is 3.49. The van der Waals surface area contributed by atoms with Crippen molar-refractivity contribution in [2.75, 3.05) is 38.6 Å². The first-order valence-corrected chi connectivity index (χ1v) is 13.4. The second-order valence-electron chi connectivity index (χ2n) is 10.2. The van der Waals surface area contributed by atoms with Crippen LogP contribution in [0.5, 0.6) is 0 Å². The first-order chi connectivity index (χ1) is 16.9. The maximum atomic E-state index is 12.4. The minimum absolute atomic E-state index is 0.0589. The van der Waals surface area contributed by atoms with Crippen molar-refractivity contribution in [3.63, 3.8) is 0 Å². The Morgan fingerprint density at radius 3 is 2.77 bits per heavy atom. The number of unbranched alkanes of at least 4 members (excludes halogenated alkanes) is 1. The second kappa shape index (κ2) is 14.4. The number of hydrogen-bond donors (Lipinski definition) is 3. The number of nitrogens with zero attached hydrogens (tertiary/aromatic N) is 2. The average molecular weight is 489 g/mol. The maximum absolute atomic E-state index is 12.4. The highest BCUT2D eigenvalue weighted by atomic mass is 16.5. The number of methoxy groups -OCH3 is 1. The monoisotopic (exact) mass is 488 g/mol. The molecule has 0 saturated heterocycles. The van der Waals surface area contributed by atoms with Crippen LogP contribution in [0, 0.1) is 5.92 Å². The molecule has 0 aromatic carbocycles. The van der Waals surface area contributed by atoms with E-state index in [-0.39, 0.29) is 12.0 Å². The molecule has 2 atom stereocenters. The van der Waals surface area contributed by atoms with Gasteiger partial charge in [-0.3, -0.25) is 4.79 Å². The van der Waals surface area contributed by atoms with Crippen molar-refractivity contribution in [1.29, 1.82) is 0 Å². The molecule has 1 aromatic rings. The number of carbonyl (C=O) groups is 2. The Morgan fingerprint density at radius 1 is 1.23 bits per heavy atom. The molecule has 1 aliphatic carbocycles. The molecule has 8 nitrogen and oxygen atoms in total. The molecule has 1 amide bonds. The van der Waals surface area contributed by atoms with Crippen LogP contribution in [0.3, 0.4) is 0 Å². The van der Waals surface area contributed by atoms with Crippen molar-refractivity contribution in [1.82, 2.24) is 15.2 Å². The second-order valence-corrected chi connectivity index (χ2v) is 10.2. The summed E-state index contributed by atoms with van der Waals surface area (Å²) in [5.41, 5.74) is 2.42. The van der Waals surface area contributed by atoms with Gasteiger partial charge in [0.2, 0.25) is 5.91 Å². The Balaban J connectivity index is 1.44. The molecule has 1 aromatic heterocycles. The van der Waals surface area contributed by atoms with Gasteiger partial charge in [0, 0.05) is 38.9 Å². The number of anilines is 1. The van der Waals surface area contributed by atoms with E-state index in [1.54, 1.807) is 7.11 Å². The number of fused-ring (bicyclic) bond motifs is 1. The molecule has 0 spiro atoms. The lowest BCUT2D eigenvalue weighted by Crippen LogP contribution is -2.44. The fraction of sp³-hybridized carbons (Fsp3) is 0.741. The predicted octanol–water partition coefficient (Wildman–Crippen LogP) is 3.64. The van der Waals surface area contributed by atoms with E-state index in [1.807, 2.05) is 6.92 Å². The molecule has 1 aliphatic heterocycles. The smallest absolute Gasteiger partial charge is 0.326 e. The minimum Gasteiger partial charge on any atom is -0.480 e. The number of aliphatic carboxylic acids is 1. The van der Waals surface area contributed by atoms with Crippen molar-refractivity contribution in [2.45, 2.75) is 89.7 Å². The summed E-state index contributed by atoms with van der Waals surface area (Å²) < 4.78 is 5.46. The molecule has 1 fully saturated rings. The molecule has 0 bridgehead atoms. The molecule has 0 radical (unpaired) electrons. The highest BCUT2D eigenvalue weighted by Crippen LogP contribution is 2.27. The number of carboxylic acids is 1. The summed E-state index contributed by atoms with van der Waals surface area (Å²) in [5.74, 6) is 0.354. The number of carboxylic acid groups (broad SMARTS) is 1. The van der Waals surface area contributed by atoms with E-state index in [4.69, 9.17) is 9.72 Å². The first-order valence-electron chi connectivity index (χ1n) is 13.4. The molecule has 196 valence electrons. The first kappa shape index (κ1) is 27.4. The Hall–Kier alpha value is -2.19. The Kier molecular flexibility index (Phi) is 11.3. The van der Waals surface area contributed by atoms with Crippen LogP contribution in [0.15, 0.2) is 12.1 Å². The van der Waals surface area contributed by atoms with Gasteiger partial charge in [-0.15, -0.1) is 0 Å². The van der Waals surface area contributed by atoms with E-state index in [1.165, 1.54) is 18.4 Å². The van der Waals surface area contributed by atoms with Crippen LogP contribution >= 0.6 is 0 Å². The third-order valence-corrected chi connectivity index (χ3v) is 7.34. The average Bonchev–Trinajstić information content (AvgIpc) is 3.36. The molecule has 8 heteroatoms.